The number of hydrogen-bond acceptors (Lipinski definition) is 5. The van der Waals surface area contributed by atoms with Crippen LogP contribution in [0.1, 0.15) is 43.4 Å². The molecule has 14 heavy (non-hydrogen) atoms. The average molecular weight is 197 g/mol. The van der Waals surface area contributed by atoms with Crippen LogP contribution in [0.4, 0.5) is 0 Å². The van der Waals surface area contributed by atoms with Crippen molar-refractivity contribution in [3.63, 3.8) is 0 Å². The number of ether oxygens (including phenoxy) is 1. The summed E-state index contributed by atoms with van der Waals surface area (Å²) >= 11 is 0. The fourth-order valence-corrected chi connectivity index (χ4v) is 1.55. The van der Waals surface area contributed by atoms with E-state index in [0.29, 0.717) is 11.8 Å². The summed E-state index contributed by atoms with van der Waals surface area (Å²) in [7, 11) is 0. The van der Waals surface area contributed by atoms with Crippen LogP contribution in [-0.2, 0) is 4.74 Å². The molecule has 0 unspecified atom stereocenters. The Morgan fingerprint density at radius 2 is 2.14 bits per heavy atom. The second-order valence-electron chi connectivity index (χ2n) is 3.67. The predicted octanol–water partition coefficient (Wildman–Crippen LogP) is 0.983. The molecule has 1 aromatic rings. The molecule has 1 atom stereocenters. The number of nitrogens with two attached hydrogens (primary N) is 1. The fraction of sp³-hybridized carbons (Fsp3) is 0.778. The van der Waals surface area contributed by atoms with Gasteiger partial charge in [-0.1, -0.05) is 5.16 Å². The lowest BCUT2D eigenvalue weighted by molar-refractivity contribution is 0.0830. The normalized spacial score (nSPS) is 21.0. The first kappa shape index (κ1) is 9.61. The minimum atomic E-state index is -0.184. The quantitative estimate of drug-likeness (QED) is 0.765. The number of aromatic nitrogens is 2. The van der Waals surface area contributed by atoms with Crippen molar-refractivity contribution < 1.29 is 9.26 Å². The van der Waals surface area contributed by atoms with E-state index < -0.39 is 0 Å². The first-order valence-corrected chi connectivity index (χ1v) is 4.94. The molecule has 0 radical (unpaired) electrons. The Hall–Kier alpha value is -0.940. The summed E-state index contributed by atoms with van der Waals surface area (Å²) in [4.78, 5) is 4.28. The third-order valence-corrected chi connectivity index (χ3v) is 2.43. The Bertz CT molecular complexity index is 292. The Morgan fingerprint density at radius 3 is 2.71 bits per heavy atom. The van der Waals surface area contributed by atoms with Crippen LogP contribution in [0, 0.1) is 0 Å². The van der Waals surface area contributed by atoms with Gasteiger partial charge in [0.1, 0.15) is 0 Å². The van der Waals surface area contributed by atoms with Crippen LogP contribution in [0.3, 0.4) is 0 Å². The van der Waals surface area contributed by atoms with Gasteiger partial charge in [-0.2, -0.15) is 4.98 Å². The molecule has 2 N–H and O–H groups in total. The summed E-state index contributed by atoms with van der Waals surface area (Å²) in [6.07, 6.45) is 1.94. The molecule has 0 saturated carbocycles. The monoisotopic (exact) mass is 197 g/mol. The summed E-state index contributed by atoms with van der Waals surface area (Å²) in [6, 6.07) is -0.184. The molecule has 0 bridgehead atoms. The van der Waals surface area contributed by atoms with Crippen LogP contribution < -0.4 is 5.73 Å². The van der Waals surface area contributed by atoms with Crippen molar-refractivity contribution >= 4 is 0 Å². The van der Waals surface area contributed by atoms with Gasteiger partial charge in [-0.3, -0.25) is 0 Å². The topological polar surface area (TPSA) is 74.2 Å². The van der Waals surface area contributed by atoms with Crippen molar-refractivity contribution in [2.75, 3.05) is 13.2 Å². The van der Waals surface area contributed by atoms with E-state index in [9.17, 15) is 0 Å². The molecule has 1 aliphatic rings. The van der Waals surface area contributed by atoms with Gasteiger partial charge >= 0.3 is 0 Å². The third kappa shape index (κ3) is 1.93. The van der Waals surface area contributed by atoms with E-state index in [0.717, 1.165) is 31.9 Å². The number of rotatable bonds is 2. The van der Waals surface area contributed by atoms with Gasteiger partial charge < -0.3 is 15.0 Å². The Kier molecular flexibility index (Phi) is 2.79. The fourth-order valence-electron chi connectivity index (χ4n) is 1.55. The first-order valence-electron chi connectivity index (χ1n) is 4.94. The lowest BCUT2D eigenvalue weighted by Gasteiger charge is -2.18. The maximum atomic E-state index is 5.64. The van der Waals surface area contributed by atoms with Gasteiger partial charge in [-0.25, -0.2) is 0 Å². The van der Waals surface area contributed by atoms with Gasteiger partial charge in [0, 0.05) is 19.1 Å². The average Bonchev–Trinajstić information content (AvgIpc) is 2.68. The second-order valence-corrected chi connectivity index (χ2v) is 3.67. The van der Waals surface area contributed by atoms with Crippen molar-refractivity contribution in [2.24, 2.45) is 5.73 Å². The number of hydrogen-bond donors (Lipinski definition) is 1. The molecule has 1 aromatic heterocycles. The van der Waals surface area contributed by atoms with Crippen LogP contribution in [-0.4, -0.2) is 23.4 Å². The molecule has 78 valence electrons. The SMILES string of the molecule is C[C@@H](N)c1nc(C2CCOCC2)no1. The number of nitrogens with zero attached hydrogens (tertiary/aromatic N) is 2. The van der Waals surface area contributed by atoms with Crippen LogP contribution in [0.5, 0.6) is 0 Å². The summed E-state index contributed by atoms with van der Waals surface area (Å²) in [6.45, 7) is 3.40. The van der Waals surface area contributed by atoms with Gasteiger partial charge in [0.2, 0.25) is 5.89 Å². The van der Waals surface area contributed by atoms with Crippen molar-refractivity contribution in [1.29, 1.82) is 0 Å². The van der Waals surface area contributed by atoms with Gasteiger partial charge in [-0.15, -0.1) is 0 Å². The molecule has 5 nitrogen and oxygen atoms in total. The van der Waals surface area contributed by atoms with Crippen LogP contribution in [0.15, 0.2) is 4.52 Å². The van der Waals surface area contributed by atoms with Gasteiger partial charge in [0.15, 0.2) is 5.82 Å². The van der Waals surface area contributed by atoms with Crippen LogP contribution >= 0.6 is 0 Å². The Balaban J connectivity index is 2.07. The highest BCUT2D eigenvalue weighted by Gasteiger charge is 2.21. The van der Waals surface area contributed by atoms with Crippen LogP contribution in [0.2, 0.25) is 0 Å². The van der Waals surface area contributed by atoms with E-state index in [1.54, 1.807) is 0 Å². The highest BCUT2D eigenvalue weighted by molar-refractivity contribution is 4.98. The molecule has 0 aromatic carbocycles. The maximum Gasteiger partial charge on any atom is 0.243 e. The van der Waals surface area contributed by atoms with E-state index in [-0.39, 0.29) is 6.04 Å². The Morgan fingerprint density at radius 1 is 1.43 bits per heavy atom. The minimum Gasteiger partial charge on any atom is -0.381 e. The maximum absolute atomic E-state index is 5.64. The predicted molar refractivity (Wildman–Crippen MR) is 49.7 cm³/mol. The summed E-state index contributed by atoms with van der Waals surface area (Å²) in [5.41, 5.74) is 5.64. The molecular formula is C9H15N3O2. The van der Waals surface area contributed by atoms with Gasteiger partial charge in [0.05, 0.1) is 6.04 Å². The molecule has 2 heterocycles. The largest absolute Gasteiger partial charge is 0.381 e. The zero-order valence-corrected chi connectivity index (χ0v) is 8.27. The second kappa shape index (κ2) is 4.06. The van der Waals surface area contributed by atoms with Crippen molar-refractivity contribution in [2.45, 2.75) is 31.7 Å². The van der Waals surface area contributed by atoms with Crippen molar-refractivity contribution in [3.8, 4) is 0 Å². The molecule has 1 saturated heterocycles. The summed E-state index contributed by atoms with van der Waals surface area (Å²) in [5, 5.41) is 3.94. The molecule has 0 spiro atoms. The van der Waals surface area contributed by atoms with Crippen molar-refractivity contribution in [3.05, 3.63) is 11.7 Å². The third-order valence-electron chi connectivity index (χ3n) is 2.43. The van der Waals surface area contributed by atoms with E-state index in [2.05, 4.69) is 10.1 Å². The molecule has 5 heteroatoms. The van der Waals surface area contributed by atoms with E-state index in [4.69, 9.17) is 15.0 Å². The molecule has 0 aliphatic carbocycles. The molecule has 1 fully saturated rings. The minimum absolute atomic E-state index is 0.184. The lowest BCUT2D eigenvalue weighted by atomic mass is 10.00. The van der Waals surface area contributed by atoms with Crippen LogP contribution in [0.25, 0.3) is 0 Å². The van der Waals surface area contributed by atoms with E-state index in [1.807, 2.05) is 6.92 Å². The molecule has 2 rings (SSSR count). The highest BCUT2D eigenvalue weighted by atomic mass is 16.5. The van der Waals surface area contributed by atoms with Gasteiger partial charge in [-0.05, 0) is 19.8 Å². The zero-order chi connectivity index (χ0) is 9.97. The van der Waals surface area contributed by atoms with Crippen molar-refractivity contribution in [1.82, 2.24) is 10.1 Å². The van der Waals surface area contributed by atoms with E-state index in [1.165, 1.54) is 0 Å². The summed E-state index contributed by atoms with van der Waals surface area (Å²) in [5.74, 6) is 1.67. The Labute approximate surface area is 82.6 Å². The standard InChI is InChI=1S/C9H15N3O2/c1-6(10)9-11-8(12-14-9)7-2-4-13-5-3-7/h6-7H,2-5,10H2,1H3/t6-/m1/s1. The molecule has 0 amide bonds. The first-order chi connectivity index (χ1) is 6.77. The molecule has 1 aliphatic heterocycles. The van der Waals surface area contributed by atoms with E-state index >= 15 is 0 Å². The molecular weight excluding hydrogens is 182 g/mol. The smallest absolute Gasteiger partial charge is 0.243 e. The summed E-state index contributed by atoms with van der Waals surface area (Å²) < 4.78 is 10.3. The lowest BCUT2D eigenvalue weighted by Crippen LogP contribution is -2.15. The zero-order valence-electron chi connectivity index (χ0n) is 8.27. The highest BCUT2D eigenvalue weighted by Crippen LogP contribution is 2.24. The van der Waals surface area contributed by atoms with Gasteiger partial charge in [0.25, 0.3) is 0 Å².